The first-order chi connectivity index (χ1) is 14.7. The van der Waals surface area contributed by atoms with Gasteiger partial charge in [-0.25, -0.2) is 0 Å². The molecule has 2 amide bonds. The summed E-state index contributed by atoms with van der Waals surface area (Å²) < 4.78 is 0. The molecule has 1 aliphatic rings. The fraction of sp³-hybridized carbons (Fsp3) is 0.462. The highest BCUT2D eigenvalue weighted by Crippen LogP contribution is 2.28. The van der Waals surface area contributed by atoms with Crippen LogP contribution in [0.2, 0.25) is 0 Å². The summed E-state index contributed by atoms with van der Waals surface area (Å²) in [6, 6.07) is 20.3. The van der Waals surface area contributed by atoms with E-state index < -0.39 is 0 Å². The highest BCUT2D eigenvalue weighted by molar-refractivity contribution is 5.76. The Kier molecular flexibility index (Phi) is 8.95. The first-order valence-corrected chi connectivity index (χ1v) is 11.3. The van der Waals surface area contributed by atoms with Gasteiger partial charge in [-0.1, -0.05) is 67.1 Å². The van der Waals surface area contributed by atoms with Gasteiger partial charge in [-0.3, -0.25) is 9.59 Å². The number of amides is 2. The van der Waals surface area contributed by atoms with Crippen LogP contribution in [-0.4, -0.2) is 24.9 Å². The third kappa shape index (κ3) is 8.02. The SMILES string of the molecule is O=C(CCc1ccccc1)NCC1CCCC(CNC(=O)CCc2ccccc2)C1. The van der Waals surface area contributed by atoms with Crippen molar-refractivity contribution in [2.45, 2.75) is 51.4 Å². The molecule has 0 spiro atoms. The number of carbonyl (C=O) groups is 2. The lowest BCUT2D eigenvalue weighted by Crippen LogP contribution is -2.35. The second kappa shape index (κ2) is 12.2. The van der Waals surface area contributed by atoms with Gasteiger partial charge in [0.2, 0.25) is 11.8 Å². The van der Waals surface area contributed by atoms with E-state index >= 15 is 0 Å². The number of aryl methyl sites for hydroxylation is 2. The van der Waals surface area contributed by atoms with E-state index in [0.717, 1.165) is 45.2 Å². The first kappa shape index (κ1) is 22.1. The zero-order valence-electron chi connectivity index (χ0n) is 17.8. The first-order valence-electron chi connectivity index (χ1n) is 11.3. The largest absolute Gasteiger partial charge is 0.356 e. The van der Waals surface area contributed by atoms with Crippen molar-refractivity contribution in [2.24, 2.45) is 11.8 Å². The Morgan fingerprint density at radius 2 is 1.13 bits per heavy atom. The Bertz CT molecular complexity index is 711. The fourth-order valence-corrected chi connectivity index (χ4v) is 4.27. The Balaban J connectivity index is 1.29. The molecule has 2 aromatic rings. The molecule has 0 saturated heterocycles. The van der Waals surface area contributed by atoms with Crippen molar-refractivity contribution >= 4 is 11.8 Å². The highest BCUT2D eigenvalue weighted by atomic mass is 16.2. The summed E-state index contributed by atoms with van der Waals surface area (Å²) in [6.45, 7) is 1.51. The summed E-state index contributed by atoms with van der Waals surface area (Å²) in [6.07, 6.45) is 7.24. The number of rotatable bonds is 10. The lowest BCUT2D eigenvalue weighted by molar-refractivity contribution is -0.121. The molecule has 1 saturated carbocycles. The lowest BCUT2D eigenvalue weighted by atomic mass is 9.81. The number of carbonyl (C=O) groups excluding carboxylic acids is 2. The van der Waals surface area contributed by atoms with Crippen LogP contribution in [0, 0.1) is 11.8 Å². The summed E-state index contributed by atoms with van der Waals surface area (Å²) in [5.74, 6) is 1.31. The quantitative estimate of drug-likeness (QED) is 0.618. The van der Waals surface area contributed by atoms with Gasteiger partial charge >= 0.3 is 0 Å². The van der Waals surface area contributed by atoms with Crippen LogP contribution < -0.4 is 10.6 Å². The molecule has 0 aromatic heterocycles. The molecule has 0 bridgehead atoms. The summed E-state index contributed by atoms with van der Waals surface area (Å²) in [5.41, 5.74) is 2.40. The molecule has 0 aliphatic heterocycles. The van der Waals surface area contributed by atoms with Crippen molar-refractivity contribution in [2.75, 3.05) is 13.1 Å². The fourth-order valence-electron chi connectivity index (χ4n) is 4.27. The Labute approximate surface area is 180 Å². The van der Waals surface area contributed by atoms with Gasteiger partial charge in [0.25, 0.3) is 0 Å². The van der Waals surface area contributed by atoms with Crippen molar-refractivity contribution in [1.29, 1.82) is 0 Å². The van der Waals surface area contributed by atoms with Crippen molar-refractivity contribution in [3.05, 3.63) is 71.8 Å². The monoisotopic (exact) mass is 406 g/mol. The van der Waals surface area contributed by atoms with E-state index in [1.54, 1.807) is 0 Å². The second-order valence-corrected chi connectivity index (χ2v) is 8.48. The molecule has 1 aliphatic carbocycles. The normalized spacial score (nSPS) is 18.5. The van der Waals surface area contributed by atoms with Gasteiger partial charge in [0, 0.05) is 25.9 Å². The average molecular weight is 407 g/mol. The third-order valence-electron chi connectivity index (χ3n) is 6.03. The zero-order valence-corrected chi connectivity index (χ0v) is 17.8. The molecule has 160 valence electrons. The maximum atomic E-state index is 12.2. The van der Waals surface area contributed by atoms with E-state index in [2.05, 4.69) is 34.9 Å². The van der Waals surface area contributed by atoms with E-state index in [-0.39, 0.29) is 11.8 Å². The number of benzene rings is 2. The molecule has 2 N–H and O–H groups in total. The summed E-state index contributed by atoms with van der Waals surface area (Å²) in [7, 11) is 0. The Morgan fingerprint density at radius 1 is 0.700 bits per heavy atom. The van der Waals surface area contributed by atoms with E-state index in [1.165, 1.54) is 17.5 Å². The molecule has 0 heterocycles. The van der Waals surface area contributed by atoms with Crippen LogP contribution in [0.15, 0.2) is 60.7 Å². The minimum atomic E-state index is 0.134. The standard InChI is InChI=1S/C26H34N2O2/c29-25(16-14-21-8-3-1-4-9-21)27-19-23-12-7-13-24(18-23)20-28-26(30)17-15-22-10-5-2-6-11-22/h1-6,8-11,23-24H,7,12-20H2,(H,27,29)(H,28,30). The molecule has 4 nitrogen and oxygen atoms in total. The van der Waals surface area contributed by atoms with Gasteiger partial charge in [0.1, 0.15) is 0 Å². The van der Waals surface area contributed by atoms with Crippen LogP contribution >= 0.6 is 0 Å². The van der Waals surface area contributed by atoms with Gasteiger partial charge in [-0.05, 0) is 55.1 Å². The van der Waals surface area contributed by atoms with Crippen LogP contribution in [0.5, 0.6) is 0 Å². The molecule has 2 aromatic carbocycles. The van der Waals surface area contributed by atoms with Gasteiger partial charge in [0.15, 0.2) is 0 Å². The number of nitrogens with one attached hydrogen (secondary N) is 2. The van der Waals surface area contributed by atoms with Crippen molar-refractivity contribution in [3.63, 3.8) is 0 Å². The molecule has 0 radical (unpaired) electrons. The van der Waals surface area contributed by atoms with Crippen molar-refractivity contribution < 1.29 is 9.59 Å². The minimum Gasteiger partial charge on any atom is -0.356 e. The van der Waals surface area contributed by atoms with Crippen molar-refractivity contribution in [3.8, 4) is 0 Å². The molecule has 2 unspecified atom stereocenters. The van der Waals surface area contributed by atoms with E-state index in [1.807, 2.05) is 36.4 Å². The van der Waals surface area contributed by atoms with E-state index in [9.17, 15) is 9.59 Å². The number of hydrogen-bond donors (Lipinski definition) is 2. The van der Waals surface area contributed by atoms with Crippen LogP contribution in [0.1, 0.15) is 49.7 Å². The van der Waals surface area contributed by atoms with Crippen molar-refractivity contribution in [1.82, 2.24) is 10.6 Å². The summed E-state index contributed by atoms with van der Waals surface area (Å²) >= 11 is 0. The maximum absolute atomic E-state index is 12.2. The van der Waals surface area contributed by atoms with Gasteiger partial charge in [-0.15, -0.1) is 0 Å². The zero-order chi connectivity index (χ0) is 21.0. The van der Waals surface area contributed by atoms with E-state index in [0.29, 0.717) is 24.7 Å². The van der Waals surface area contributed by atoms with Crippen LogP contribution in [0.25, 0.3) is 0 Å². The minimum absolute atomic E-state index is 0.134. The summed E-state index contributed by atoms with van der Waals surface area (Å²) in [4.78, 5) is 24.4. The Morgan fingerprint density at radius 3 is 1.57 bits per heavy atom. The summed E-state index contributed by atoms with van der Waals surface area (Å²) in [5, 5.41) is 6.24. The van der Waals surface area contributed by atoms with Gasteiger partial charge in [0.05, 0.1) is 0 Å². The van der Waals surface area contributed by atoms with Crippen LogP contribution in [0.3, 0.4) is 0 Å². The Hall–Kier alpha value is -2.62. The predicted octanol–water partition coefficient (Wildman–Crippen LogP) is 4.29. The molecule has 3 rings (SSSR count). The maximum Gasteiger partial charge on any atom is 0.220 e. The second-order valence-electron chi connectivity index (χ2n) is 8.48. The average Bonchev–Trinajstić information content (AvgIpc) is 2.80. The predicted molar refractivity (Wildman–Crippen MR) is 121 cm³/mol. The molecular formula is C26H34N2O2. The van der Waals surface area contributed by atoms with Gasteiger partial charge < -0.3 is 10.6 Å². The molecule has 2 atom stereocenters. The highest BCUT2D eigenvalue weighted by Gasteiger charge is 2.22. The third-order valence-corrected chi connectivity index (χ3v) is 6.03. The molecule has 1 fully saturated rings. The topological polar surface area (TPSA) is 58.2 Å². The smallest absolute Gasteiger partial charge is 0.220 e. The van der Waals surface area contributed by atoms with Crippen LogP contribution in [-0.2, 0) is 22.4 Å². The van der Waals surface area contributed by atoms with Gasteiger partial charge in [-0.2, -0.15) is 0 Å². The molecule has 30 heavy (non-hydrogen) atoms. The lowest BCUT2D eigenvalue weighted by Gasteiger charge is -2.29. The van der Waals surface area contributed by atoms with E-state index in [4.69, 9.17) is 0 Å². The molecular weight excluding hydrogens is 372 g/mol. The molecule has 4 heteroatoms. The number of hydrogen-bond acceptors (Lipinski definition) is 2. The van der Waals surface area contributed by atoms with Crippen LogP contribution in [0.4, 0.5) is 0 Å².